The minimum atomic E-state index is -1.46. The number of hydrogen-bond donors (Lipinski definition) is 2. The standard InChI is InChI=1S/C7H4N2O6.CH4O/c10-7(11)4-1-5(8(12)13)3-6(2-4)9(14)15;1-2/h1-3H,(H,10,11);2H,1H3. The molecule has 0 amide bonds. The largest absolute Gasteiger partial charge is 0.478 e. The third-order valence-electron chi connectivity index (χ3n) is 1.57. The lowest BCUT2D eigenvalue weighted by Crippen LogP contribution is -2.00. The van der Waals surface area contributed by atoms with Gasteiger partial charge in [0.05, 0.1) is 21.5 Å². The first-order chi connectivity index (χ1) is 7.91. The van der Waals surface area contributed by atoms with E-state index in [2.05, 4.69) is 0 Å². The summed E-state index contributed by atoms with van der Waals surface area (Å²) in [6.45, 7) is 0. The van der Waals surface area contributed by atoms with E-state index in [0.29, 0.717) is 6.07 Å². The summed E-state index contributed by atoms with van der Waals surface area (Å²) in [6, 6.07) is 2.22. The van der Waals surface area contributed by atoms with Crippen LogP contribution in [0.3, 0.4) is 0 Å². The molecule has 0 unspecified atom stereocenters. The quantitative estimate of drug-likeness (QED) is 0.591. The number of hydrogen-bond acceptors (Lipinski definition) is 6. The van der Waals surface area contributed by atoms with E-state index in [-0.39, 0.29) is 0 Å². The van der Waals surface area contributed by atoms with Crippen LogP contribution >= 0.6 is 0 Å². The fourth-order valence-electron chi connectivity index (χ4n) is 0.929. The van der Waals surface area contributed by atoms with Gasteiger partial charge in [0, 0.05) is 19.2 Å². The summed E-state index contributed by atoms with van der Waals surface area (Å²) in [7, 11) is 1.00. The lowest BCUT2D eigenvalue weighted by molar-refractivity contribution is -0.394. The van der Waals surface area contributed by atoms with Crippen LogP contribution in [-0.2, 0) is 0 Å². The molecule has 0 atom stereocenters. The van der Waals surface area contributed by atoms with Crippen molar-refractivity contribution in [1.82, 2.24) is 0 Å². The Morgan fingerprint density at radius 1 is 1.06 bits per heavy atom. The van der Waals surface area contributed by atoms with E-state index in [0.717, 1.165) is 19.2 Å². The van der Waals surface area contributed by atoms with E-state index in [1.807, 2.05) is 0 Å². The van der Waals surface area contributed by atoms with Crippen molar-refractivity contribution >= 4 is 17.3 Å². The zero-order valence-electron chi connectivity index (χ0n) is 8.56. The Bertz CT molecular complexity index is 378. The van der Waals surface area contributed by atoms with Crippen LogP contribution in [0.2, 0.25) is 0 Å². The van der Waals surface area contributed by atoms with Crippen molar-refractivity contribution in [3.05, 3.63) is 44.0 Å². The monoisotopic (exact) mass is 244 g/mol. The second-order valence-electron chi connectivity index (χ2n) is 2.56. The van der Waals surface area contributed by atoms with Crippen molar-refractivity contribution in [1.29, 1.82) is 0 Å². The van der Waals surface area contributed by atoms with E-state index in [1.165, 1.54) is 0 Å². The summed E-state index contributed by atoms with van der Waals surface area (Å²) >= 11 is 0. The number of aromatic carboxylic acids is 1. The molecule has 2 N–H and O–H groups in total. The smallest absolute Gasteiger partial charge is 0.336 e. The number of carboxylic acid groups (broad SMARTS) is 1. The van der Waals surface area contributed by atoms with E-state index in [4.69, 9.17) is 10.2 Å². The highest BCUT2D eigenvalue weighted by Gasteiger charge is 2.19. The van der Waals surface area contributed by atoms with Gasteiger partial charge in [-0.15, -0.1) is 0 Å². The summed E-state index contributed by atoms with van der Waals surface area (Å²) in [5, 5.41) is 36.2. The number of aliphatic hydroxyl groups excluding tert-OH is 1. The molecule has 0 saturated heterocycles. The number of nitro groups is 2. The highest BCUT2D eigenvalue weighted by atomic mass is 16.6. The van der Waals surface area contributed by atoms with Crippen molar-refractivity contribution in [3.63, 3.8) is 0 Å². The molecule has 9 heteroatoms. The van der Waals surface area contributed by atoms with Gasteiger partial charge in [-0.25, -0.2) is 4.79 Å². The van der Waals surface area contributed by atoms with E-state index >= 15 is 0 Å². The fraction of sp³-hybridized carbons (Fsp3) is 0.125. The maximum atomic E-state index is 10.5. The fourth-order valence-corrected chi connectivity index (χ4v) is 0.929. The zero-order valence-corrected chi connectivity index (χ0v) is 8.56. The van der Waals surface area contributed by atoms with Crippen LogP contribution in [0.5, 0.6) is 0 Å². The second kappa shape index (κ2) is 6.12. The molecule has 92 valence electrons. The first kappa shape index (κ1) is 14.5. The average Bonchev–Trinajstić information content (AvgIpc) is 2.30. The highest BCUT2D eigenvalue weighted by Crippen LogP contribution is 2.22. The van der Waals surface area contributed by atoms with E-state index in [9.17, 15) is 25.0 Å². The summed E-state index contributed by atoms with van der Waals surface area (Å²) in [4.78, 5) is 29.4. The Labute approximate surface area is 94.2 Å². The normalized spacial score (nSPS) is 8.82. The first-order valence-corrected chi connectivity index (χ1v) is 4.03. The van der Waals surface area contributed by atoms with Gasteiger partial charge in [-0.2, -0.15) is 0 Å². The van der Waals surface area contributed by atoms with Crippen molar-refractivity contribution in [2.75, 3.05) is 7.11 Å². The number of nitro benzene ring substituents is 2. The van der Waals surface area contributed by atoms with Crippen LogP contribution < -0.4 is 0 Å². The first-order valence-electron chi connectivity index (χ1n) is 4.03. The van der Waals surface area contributed by atoms with Gasteiger partial charge in [-0.1, -0.05) is 0 Å². The van der Waals surface area contributed by atoms with Crippen molar-refractivity contribution in [3.8, 4) is 0 Å². The number of carboxylic acids is 1. The van der Waals surface area contributed by atoms with Gasteiger partial charge in [-0.05, 0) is 0 Å². The van der Waals surface area contributed by atoms with Crippen molar-refractivity contribution < 1.29 is 24.9 Å². The molecule has 0 aliphatic carbocycles. The molecule has 0 aromatic heterocycles. The van der Waals surface area contributed by atoms with Crippen molar-refractivity contribution in [2.45, 2.75) is 0 Å². The lowest BCUT2D eigenvalue weighted by atomic mass is 10.2. The molecule has 1 rings (SSSR count). The summed E-state index contributed by atoms with van der Waals surface area (Å²) in [5.74, 6) is -1.46. The second-order valence-corrected chi connectivity index (χ2v) is 2.56. The summed E-state index contributed by atoms with van der Waals surface area (Å²) in [6.07, 6.45) is 0. The molecule has 0 aliphatic rings. The number of nitrogens with zero attached hydrogens (tertiary/aromatic N) is 2. The van der Waals surface area contributed by atoms with Gasteiger partial charge in [-0.3, -0.25) is 20.2 Å². The maximum Gasteiger partial charge on any atom is 0.336 e. The van der Waals surface area contributed by atoms with Gasteiger partial charge >= 0.3 is 5.97 Å². The average molecular weight is 244 g/mol. The molecular formula is C8H8N2O7. The third kappa shape index (κ3) is 3.83. The Morgan fingerprint density at radius 3 is 1.65 bits per heavy atom. The molecule has 9 nitrogen and oxygen atoms in total. The van der Waals surface area contributed by atoms with Crippen LogP contribution in [0.1, 0.15) is 10.4 Å². The van der Waals surface area contributed by atoms with E-state index in [1.54, 1.807) is 0 Å². The van der Waals surface area contributed by atoms with Gasteiger partial charge in [0.25, 0.3) is 11.4 Å². The Kier molecular flexibility index (Phi) is 5.21. The topological polar surface area (TPSA) is 144 Å². The lowest BCUT2D eigenvalue weighted by Gasteiger charge is -1.96. The Morgan fingerprint density at radius 2 is 1.41 bits per heavy atom. The third-order valence-corrected chi connectivity index (χ3v) is 1.57. The molecule has 0 saturated carbocycles. The molecule has 1 aromatic carbocycles. The molecule has 1 aromatic rings. The molecule has 0 spiro atoms. The maximum absolute atomic E-state index is 10.5. The molecule has 0 aliphatic heterocycles. The molecule has 0 radical (unpaired) electrons. The van der Waals surface area contributed by atoms with Gasteiger partial charge in [0.2, 0.25) is 0 Å². The predicted molar refractivity (Wildman–Crippen MR) is 54.9 cm³/mol. The van der Waals surface area contributed by atoms with Crippen LogP contribution in [0.15, 0.2) is 18.2 Å². The van der Waals surface area contributed by atoms with Gasteiger partial charge < -0.3 is 10.2 Å². The highest BCUT2D eigenvalue weighted by molar-refractivity contribution is 5.89. The number of carbonyl (C=O) groups is 1. The van der Waals surface area contributed by atoms with Crippen LogP contribution in [-0.4, -0.2) is 33.1 Å². The number of aliphatic hydroxyl groups is 1. The molecule has 0 heterocycles. The molecule has 0 fully saturated rings. The van der Waals surface area contributed by atoms with Crippen molar-refractivity contribution in [2.24, 2.45) is 0 Å². The predicted octanol–water partition coefficient (Wildman–Crippen LogP) is 0.810. The summed E-state index contributed by atoms with van der Waals surface area (Å²) in [5.41, 5.74) is -1.74. The molecule has 17 heavy (non-hydrogen) atoms. The van der Waals surface area contributed by atoms with E-state index < -0.39 is 32.8 Å². The molecular weight excluding hydrogens is 236 g/mol. The Balaban J connectivity index is 0.00000121. The number of benzene rings is 1. The van der Waals surface area contributed by atoms with Crippen LogP contribution in [0.25, 0.3) is 0 Å². The van der Waals surface area contributed by atoms with Crippen LogP contribution in [0.4, 0.5) is 11.4 Å². The van der Waals surface area contributed by atoms with Gasteiger partial charge in [0.1, 0.15) is 0 Å². The zero-order chi connectivity index (χ0) is 13.6. The number of non-ortho nitro benzene ring substituents is 2. The SMILES string of the molecule is CO.O=C(O)c1cc([N+](=O)[O-])cc([N+](=O)[O-])c1. The van der Waals surface area contributed by atoms with Gasteiger partial charge in [0.15, 0.2) is 0 Å². The Hall–Kier alpha value is -2.55. The minimum absolute atomic E-state index is 0.490. The number of rotatable bonds is 3. The van der Waals surface area contributed by atoms with Crippen LogP contribution in [0, 0.1) is 20.2 Å². The molecule has 0 bridgehead atoms. The summed E-state index contributed by atoms with van der Waals surface area (Å²) < 4.78 is 0. The minimum Gasteiger partial charge on any atom is -0.478 e.